The van der Waals surface area contributed by atoms with Crippen LogP contribution in [0.5, 0.6) is 6.01 Å². The van der Waals surface area contributed by atoms with Gasteiger partial charge < -0.3 is 19.2 Å². The lowest BCUT2D eigenvalue weighted by atomic mass is 9.99. The first-order valence-electron chi connectivity index (χ1n) is 12.1. The number of imidazole rings is 1. The predicted molar refractivity (Wildman–Crippen MR) is 133 cm³/mol. The summed E-state index contributed by atoms with van der Waals surface area (Å²) < 4.78 is 49.7. The third-order valence-corrected chi connectivity index (χ3v) is 6.97. The van der Waals surface area contributed by atoms with E-state index in [1.165, 1.54) is 6.07 Å². The van der Waals surface area contributed by atoms with Gasteiger partial charge in [0.1, 0.15) is 17.4 Å². The number of aromatic amines is 1. The van der Waals surface area contributed by atoms with Gasteiger partial charge in [0, 0.05) is 25.1 Å². The molecule has 0 amide bonds. The average Bonchev–Trinajstić information content (AvgIpc) is 3.71. The Morgan fingerprint density at radius 1 is 0.973 bits per heavy atom. The molecule has 0 aliphatic carbocycles. The van der Waals surface area contributed by atoms with Gasteiger partial charge in [-0.05, 0) is 41.3 Å². The minimum absolute atomic E-state index is 0.00691. The van der Waals surface area contributed by atoms with E-state index in [1.807, 2.05) is 48.7 Å². The number of H-pyrrole nitrogens is 1. The van der Waals surface area contributed by atoms with Crippen molar-refractivity contribution >= 4 is 11.0 Å². The van der Waals surface area contributed by atoms with E-state index in [0.29, 0.717) is 18.8 Å². The lowest BCUT2D eigenvalue weighted by Gasteiger charge is -2.15. The van der Waals surface area contributed by atoms with Crippen molar-refractivity contribution in [2.24, 2.45) is 0 Å². The second-order valence-electron chi connectivity index (χ2n) is 9.21. The van der Waals surface area contributed by atoms with Gasteiger partial charge in [0.25, 0.3) is 6.01 Å². The standard InChI is InChI=1S/C28H22F2N4O3/c29-20-14-21-26(33-28(32-21)37-23-15-36-22-10-13-35-27(22)23)25(30)24(20)18-4-2-16(3-5-18)17-6-8-19(9-7-17)34-12-1-11-31-34/h1-9,11-12,14,22-23,27H,10,13,15H2,(H,32,33)/t22-,23?,27+/m1/s1. The number of halogens is 2. The number of benzene rings is 3. The molecule has 0 spiro atoms. The molecule has 2 aromatic heterocycles. The monoisotopic (exact) mass is 500 g/mol. The molecule has 7 nitrogen and oxygen atoms in total. The summed E-state index contributed by atoms with van der Waals surface area (Å²) >= 11 is 0. The second-order valence-corrected chi connectivity index (χ2v) is 9.21. The fourth-order valence-electron chi connectivity index (χ4n) is 5.11. The molecule has 2 saturated heterocycles. The first-order valence-corrected chi connectivity index (χ1v) is 12.1. The van der Waals surface area contributed by atoms with Gasteiger partial charge in [0.15, 0.2) is 11.9 Å². The highest BCUT2D eigenvalue weighted by molar-refractivity contribution is 5.84. The molecule has 1 unspecified atom stereocenters. The smallest absolute Gasteiger partial charge is 0.295 e. The molecule has 2 aliphatic rings. The van der Waals surface area contributed by atoms with Crippen molar-refractivity contribution in [3.8, 4) is 34.0 Å². The molecule has 9 heteroatoms. The summed E-state index contributed by atoms with van der Waals surface area (Å²) in [5, 5.41) is 4.23. The van der Waals surface area contributed by atoms with Crippen molar-refractivity contribution in [1.29, 1.82) is 0 Å². The van der Waals surface area contributed by atoms with Crippen molar-refractivity contribution in [2.75, 3.05) is 13.2 Å². The Bertz CT molecular complexity index is 1570. The number of nitrogens with zero attached hydrogens (tertiary/aromatic N) is 3. The number of hydrogen-bond acceptors (Lipinski definition) is 5. The summed E-state index contributed by atoms with van der Waals surface area (Å²) in [4.78, 5) is 7.15. The Morgan fingerprint density at radius 3 is 2.49 bits per heavy atom. The Kier molecular flexibility index (Phi) is 5.26. The summed E-state index contributed by atoms with van der Waals surface area (Å²) in [6.07, 6.45) is 3.91. The molecule has 4 heterocycles. The van der Waals surface area contributed by atoms with Crippen molar-refractivity contribution in [3.63, 3.8) is 0 Å². The quantitative estimate of drug-likeness (QED) is 0.355. The topological polar surface area (TPSA) is 74.2 Å². The van der Waals surface area contributed by atoms with Crippen LogP contribution in [0.25, 0.3) is 39.0 Å². The van der Waals surface area contributed by atoms with Crippen LogP contribution in [0.2, 0.25) is 0 Å². The van der Waals surface area contributed by atoms with Crippen molar-refractivity contribution in [3.05, 3.63) is 84.7 Å². The molecule has 2 aliphatic heterocycles. The zero-order valence-electron chi connectivity index (χ0n) is 19.6. The fraction of sp³-hybridized carbons (Fsp3) is 0.214. The molecule has 37 heavy (non-hydrogen) atoms. The summed E-state index contributed by atoms with van der Waals surface area (Å²) in [6, 6.07) is 18.2. The zero-order chi connectivity index (χ0) is 24.9. The predicted octanol–water partition coefficient (Wildman–Crippen LogP) is 5.30. The van der Waals surface area contributed by atoms with E-state index in [0.717, 1.165) is 23.2 Å². The van der Waals surface area contributed by atoms with Crippen LogP contribution < -0.4 is 4.74 Å². The molecular formula is C28H22F2N4O3. The third-order valence-electron chi connectivity index (χ3n) is 6.97. The number of nitrogens with one attached hydrogen (secondary N) is 1. The van der Waals surface area contributed by atoms with Gasteiger partial charge in [-0.1, -0.05) is 36.4 Å². The molecule has 186 valence electrons. The van der Waals surface area contributed by atoms with Gasteiger partial charge in [0.05, 0.1) is 29.5 Å². The van der Waals surface area contributed by atoms with Crippen LogP contribution in [0, 0.1) is 11.6 Å². The van der Waals surface area contributed by atoms with Crippen molar-refractivity contribution in [2.45, 2.75) is 24.7 Å². The zero-order valence-corrected chi connectivity index (χ0v) is 19.6. The van der Waals surface area contributed by atoms with Crippen LogP contribution in [0.3, 0.4) is 0 Å². The first-order chi connectivity index (χ1) is 18.1. The normalized spacial score (nSPS) is 21.0. The van der Waals surface area contributed by atoms with E-state index in [4.69, 9.17) is 14.2 Å². The lowest BCUT2D eigenvalue weighted by molar-refractivity contribution is 0.0273. The van der Waals surface area contributed by atoms with Crippen LogP contribution >= 0.6 is 0 Å². The van der Waals surface area contributed by atoms with E-state index in [2.05, 4.69) is 15.1 Å². The molecule has 1 N–H and O–H groups in total. The largest absolute Gasteiger partial charge is 0.456 e. The Hall–Kier alpha value is -4.08. The summed E-state index contributed by atoms with van der Waals surface area (Å²) in [5.41, 5.74) is 3.40. The summed E-state index contributed by atoms with van der Waals surface area (Å²) in [6.45, 7) is 0.987. The molecule has 3 atom stereocenters. The molecular weight excluding hydrogens is 478 g/mol. The molecule has 5 aromatic rings. The SMILES string of the molecule is Fc1cc2[nH]c(OC3CO[C@@H]4CCO[C@H]34)nc2c(F)c1-c1ccc(-c2ccc(-n3cccn3)cc2)cc1. The molecule has 0 radical (unpaired) electrons. The van der Waals surface area contributed by atoms with Gasteiger partial charge in [-0.15, -0.1) is 0 Å². The highest BCUT2D eigenvalue weighted by Crippen LogP contribution is 2.34. The lowest BCUT2D eigenvalue weighted by Crippen LogP contribution is -2.32. The van der Waals surface area contributed by atoms with Crippen LogP contribution in [0.4, 0.5) is 8.78 Å². The number of hydrogen-bond donors (Lipinski definition) is 1. The number of rotatable bonds is 5. The van der Waals surface area contributed by atoms with Gasteiger partial charge in [-0.25, -0.2) is 13.5 Å². The highest BCUT2D eigenvalue weighted by atomic mass is 19.1. The molecule has 7 rings (SSSR count). The van der Waals surface area contributed by atoms with Gasteiger partial charge >= 0.3 is 0 Å². The van der Waals surface area contributed by atoms with Gasteiger partial charge in [0.2, 0.25) is 0 Å². The molecule has 0 saturated carbocycles. The number of aromatic nitrogens is 4. The van der Waals surface area contributed by atoms with Crippen molar-refractivity contribution < 1.29 is 23.0 Å². The van der Waals surface area contributed by atoms with E-state index in [-0.39, 0.29) is 40.9 Å². The van der Waals surface area contributed by atoms with Crippen molar-refractivity contribution in [1.82, 2.24) is 19.7 Å². The maximum absolute atomic E-state index is 15.5. The third kappa shape index (κ3) is 3.87. The Labute approximate surface area is 210 Å². The Balaban J connectivity index is 1.15. The van der Waals surface area contributed by atoms with E-state index < -0.39 is 11.6 Å². The van der Waals surface area contributed by atoms with Crippen LogP contribution in [-0.4, -0.2) is 51.3 Å². The van der Waals surface area contributed by atoms with E-state index in [1.54, 1.807) is 23.0 Å². The minimum atomic E-state index is -0.741. The maximum Gasteiger partial charge on any atom is 0.295 e. The maximum atomic E-state index is 15.5. The molecule has 0 bridgehead atoms. The highest BCUT2D eigenvalue weighted by Gasteiger charge is 2.43. The first kappa shape index (κ1) is 22.1. The van der Waals surface area contributed by atoms with E-state index in [9.17, 15) is 0 Å². The number of ether oxygens (including phenoxy) is 3. The van der Waals surface area contributed by atoms with Gasteiger partial charge in [-0.3, -0.25) is 0 Å². The number of fused-ring (bicyclic) bond motifs is 2. The summed E-state index contributed by atoms with van der Waals surface area (Å²) in [7, 11) is 0. The van der Waals surface area contributed by atoms with Crippen LogP contribution in [0.1, 0.15) is 6.42 Å². The fourth-order valence-corrected chi connectivity index (χ4v) is 5.11. The molecule has 3 aromatic carbocycles. The average molecular weight is 501 g/mol. The van der Waals surface area contributed by atoms with Gasteiger partial charge in [-0.2, -0.15) is 10.1 Å². The van der Waals surface area contributed by atoms with E-state index >= 15 is 8.78 Å². The molecule has 2 fully saturated rings. The second kappa shape index (κ2) is 8.79. The minimum Gasteiger partial charge on any atom is -0.456 e. The Morgan fingerprint density at radius 2 is 1.73 bits per heavy atom. The summed E-state index contributed by atoms with van der Waals surface area (Å²) in [5.74, 6) is -1.42. The van der Waals surface area contributed by atoms with Crippen LogP contribution in [0.15, 0.2) is 73.1 Å². The van der Waals surface area contributed by atoms with Crippen LogP contribution in [-0.2, 0) is 9.47 Å².